The van der Waals surface area contributed by atoms with E-state index in [4.69, 9.17) is 5.73 Å². The van der Waals surface area contributed by atoms with Crippen LogP contribution in [0.1, 0.15) is 24.5 Å². The van der Waals surface area contributed by atoms with E-state index in [1.165, 1.54) is 29.7 Å². The number of rotatable bonds is 4. The number of nitrogen functional groups attached to an aromatic ring is 1. The second kappa shape index (κ2) is 5.58. The molecule has 1 aliphatic heterocycles. The molecule has 0 spiro atoms. The highest BCUT2D eigenvalue weighted by molar-refractivity contribution is 5.59. The van der Waals surface area contributed by atoms with Gasteiger partial charge in [0.25, 0.3) is 0 Å². The second-order valence-electron chi connectivity index (χ2n) is 5.72. The molecule has 2 nitrogen and oxygen atoms in total. The van der Waals surface area contributed by atoms with E-state index >= 15 is 0 Å². The molecule has 0 amide bonds. The summed E-state index contributed by atoms with van der Waals surface area (Å²) in [5.74, 6) is 0. The smallest absolute Gasteiger partial charge is 0.0402 e. The minimum Gasteiger partial charge on any atom is -0.399 e. The molecule has 20 heavy (non-hydrogen) atoms. The van der Waals surface area contributed by atoms with Crippen LogP contribution in [0.3, 0.4) is 0 Å². The molecular formula is C18H22N2. The second-order valence-corrected chi connectivity index (χ2v) is 5.72. The predicted molar refractivity (Wildman–Crippen MR) is 86.1 cm³/mol. The Bertz CT molecular complexity index is 574. The van der Waals surface area contributed by atoms with Gasteiger partial charge < -0.3 is 10.6 Å². The van der Waals surface area contributed by atoms with Crippen molar-refractivity contribution in [1.29, 1.82) is 0 Å². The van der Waals surface area contributed by atoms with E-state index in [1.54, 1.807) is 0 Å². The zero-order valence-electron chi connectivity index (χ0n) is 12.0. The number of aryl methyl sites for hydroxylation is 1. The van der Waals surface area contributed by atoms with Crippen LogP contribution in [-0.2, 0) is 12.8 Å². The van der Waals surface area contributed by atoms with Crippen molar-refractivity contribution in [2.24, 2.45) is 0 Å². The highest BCUT2D eigenvalue weighted by Crippen LogP contribution is 2.31. The van der Waals surface area contributed by atoms with E-state index in [9.17, 15) is 0 Å². The summed E-state index contributed by atoms with van der Waals surface area (Å²) in [5.41, 5.74) is 10.9. The van der Waals surface area contributed by atoms with Crippen LogP contribution in [0.2, 0.25) is 0 Å². The van der Waals surface area contributed by atoms with Gasteiger partial charge in [0.15, 0.2) is 0 Å². The topological polar surface area (TPSA) is 29.3 Å². The monoisotopic (exact) mass is 266 g/mol. The van der Waals surface area contributed by atoms with Crippen LogP contribution in [0.5, 0.6) is 0 Å². The van der Waals surface area contributed by atoms with Crippen LogP contribution in [0.25, 0.3) is 0 Å². The quantitative estimate of drug-likeness (QED) is 0.856. The van der Waals surface area contributed by atoms with Crippen molar-refractivity contribution in [2.45, 2.75) is 32.2 Å². The van der Waals surface area contributed by atoms with E-state index < -0.39 is 0 Å². The minimum absolute atomic E-state index is 0.624. The average Bonchev–Trinajstić information content (AvgIpc) is 2.77. The zero-order valence-corrected chi connectivity index (χ0v) is 12.0. The van der Waals surface area contributed by atoms with Crippen molar-refractivity contribution in [3.63, 3.8) is 0 Å². The number of hydrogen-bond donors (Lipinski definition) is 1. The minimum atomic E-state index is 0.624. The molecule has 1 atom stereocenters. The Balaban J connectivity index is 1.60. The Morgan fingerprint density at radius 3 is 2.65 bits per heavy atom. The van der Waals surface area contributed by atoms with E-state index in [0.29, 0.717) is 6.04 Å². The lowest BCUT2D eigenvalue weighted by Gasteiger charge is -2.24. The number of nitrogens with zero attached hydrogens (tertiary/aromatic N) is 1. The molecule has 0 aromatic heterocycles. The van der Waals surface area contributed by atoms with E-state index in [0.717, 1.165) is 18.7 Å². The molecule has 1 unspecified atom stereocenters. The van der Waals surface area contributed by atoms with Gasteiger partial charge in [0.2, 0.25) is 0 Å². The van der Waals surface area contributed by atoms with E-state index in [1.807, 2.05) is 12.1 Å². The largest absolute Gasteiger partial charge is 0.399 e. The molecule has 2 aromatic carbocycles. The first-order chi connectivity index (χ1) is 9.74. The van der Waals surface area contributed by atoms with Crippen molar-refractivity contribution < 1.29 is 0 Å². The first-order valence-electron chi connectivity index (χ1n) is 7.43. The summed E-state index contributed by atoms with van der Waals surface area (Å²) in [7, 11) is 0. The van der Waals surface area contributed by atoms with Crippen molar-refractivity contribution in [2.75, 3.05) is 17.2 Å². The van der Waals surface area contributed by atoms with Crippen LogP contribution >= 0.6 is 0 Å². The van der Waals surface area contributed by atoms with Crippen molar-refractivity contribution >= 4 is 11.4 Å². The first-order valence-corrected chi connectivity index (χ1v) is 7.43. The van der Waals surface area contributed by atoms with Crippen LogP contribution in [0.15, 0.2) is 48.5 Å². The first kappa shape index (κ1) is 13.0. The fraction of sp³-hybridized carbons (Fsp3) is 0.333. The van der Waals surface area contributed by atoms with Gasteiger partial charge in [-0.05, 0) is 55.5 Å². The summed E-state index contributed by atoms with van der Waals surface area (Å²) in [6.45, 7) is 3.45. The molecule has 0 radical (unpaired) electrons. The van der Waals surface area contributed by atoms with Gasteiger partial charge in [-0.15, -0.1) is 0 Å². The summed E-state index contributed by atoms with van der Waals surface area (Å²) in [6.07, 6.45) is 3.48. The Kier molecular flexibility index (Phi) is 3.64. The predicted octanol–water partition coefficient (Wildman–Crippen LogP) is 3.65. The molecule has 0 bridgehead atoms. The Morgan fingerprint density at radius 2 is 1.85 bits per heavy atom. The number of hydrogen-bond acceptors (Lipinski definition) is 2. The molecule has 2 aromatic rings. The summed E-state index contributed by atoms with van der Waals surface area (Å²) in [5, 5.41) is 0. The third kappa shape index (κ3) is 2.64. The van der Waals surface area contributed by atoms with Gasteiger partial charge in [0.1, 0.15) is 0 Å². The van der Waals surface area contributed by atoms with Gasteiger partial charge in [-0.3, -0.25) is 0 Å². The Labute approximate surface area is 121 Å². The molecule has 0 fully saturated rings. The van der Waals surface area contributed by atoms with E-state index in [2.05, 4.69) is 48.2 Å². The SMILES string of the molecule is CC1Cc2ccccc2N1CCCc1ccc(N)cc1. The fourth-order valence-corrected chi connectivity index (χ4v) is 3.11. The van der Waals surface area contributed by atoms with Crippen molar-refractivity contribution in [1.82, 2.24) is 0 Å². The maximum atomic E-state index is 5.72. The van der Waals surface area contributed by atoms with Gasteiger partial charge in [-0.25, -0.2) is 0 Å². The maximum absolute atomic E-state index is 5.72. The molecule has 0 aliphatic carbocycles. The molecule has 1 heterocycles. The molecule has 1 aliphatic rings. The zero-order chi connectivity index (χ0) is 13.9. The maximum Gasteiger partial charge on any atom is 0.0402 e. The summed E-state index contributed by atoms with van der Waals surface area (Å²) < 4.78 is 0. The lowest BCUT2D eigenvalue weighted by Crippen LogP contribution is -2.30. The summed E-state index contributed by atoms with van der Waals surface area (Å²) >= 11 is 0. The number of anilines is 2. The number of benzene rings is 2. The standard InChI is InChI=1S/C18H22N2/c1-14-13-16-6-2-3-7-18(16)20(14)12-4-5-15-8-10-17(19)11-9-15/h2-3,6-11,14H,4-5,12-13,19H2,1H3. The van der Waals surface area contributed by atoms with E-state index in [-0.39, 0.29) is 0 Å². The highest BCUT2D eigenvalue weighted by atomic mass is 15.2. The summed E-state index contributed by atoms with van der Waals surface area (Å²) in [6, 6.07) is 17.7. The Hall–Kier alpha value is -1.96. The third-order valence-electron chi connectivity index (χ3n) is 4.19. The van der Waals surface area contributed by atoms with Gasteiger partial charge >= 0.3 is 0 Å². The molecule has 3 rings (SSSR count). The average molecular weight is 266 g/mol. The summed E-state index contributed by atoms with van der Waals surface area (Å²) in [4.78, 5) is 2.55. The molecule has 0 saturated carbocycles. The molecule has 2 N–H and O–H groups in total. The van der Waals surface area contributed by atoms with Crippen LogP contribution < -0.4 is 10.6 Å². The van der Waals surface area contributed by atoms with Gasteiger partial charge in [-0.2, -0.15) is 0 Å². The van der Waals surface area contributed by atoms with Gasteiger partial charge in [0.05, 0.1) is 0 Å². The van der Waals surface area contributed by atoms with Crippen LogP contribution in [-0.4, -0.2) is 12.6 Å². The molecular weight excluding hydrogens is 244 g/mol. The molecule has 104 valence electrons. The fourth-order valence-electron chi connectivity index (χ4n) is 3.11. The number of fused-ring (bicyclic) bond motifs is 1. The Morgan fingerprint density at radius 1 is 1.10 bits per heavy atom. The van der Waals surface area contributed by atoms with Gasteiger partial charge in [-0.1, -0.05) is 30.3 Å². The van der Waals surface area contributed by atoms with Crippen LogP contribution in [0.4, 0.5) is 11.4 Å². The number of para-hydroxylation sites is 1. The highest BCUT2D eigenvalue weighted by Gasteiger charge is 2.24. The third-order valence-corrected chi connectivity index (χ3v) is 4.19. The lowest BCUT2D eigenvalue weighted by molar-refractivity contribution is 0.647. The van der Waals surface area contributed by atoms with Crippen molar-refractivity contribution in [3.05, 3.63) is 59.7 Å². The lowest BCUT2D eigenvalue weighted by atomic mass is 10.1. The van der Waals surface area contributed by atoms with Gasteiger partial charge in [0, 0.05) is 24.0 Å². The number of nitrogens with two attached hydrogens (primary N) is 1. The van der Waals surface area contributed by atoms with Crippen LogP contribution in [0, 0.1) is 0 Å². The molecule has 0 saturated heterocycles. The normalized spacial score (nSPS) is 17.2. The van der Waals surface area contributed by atoms with Crippen molar-refractivity contribution in [3.8, 4) is 0 Å². The molecule has 2 heteroatoms.